The summed E-state index contributed by atoms with van der Waals surface area (Å²) in [6, 6.07) is 0. The number of hydrogen-bond acceptors (Lipinski definition) is 3. The summed E-state index contributed by atoms with van der Waals surface area (Å²) in [6.07, 6.45) is 2.82. The van der Waals surface area contributed by atoms with Crippen molar-refractivity contribution in [2.45, 2.75) is 32.2 Å². The minimum absolute atomic E-state index is 0.0122. The van der Waals surface area contributed by atoms with Gasteiger partial charge in [-0.25, -0.2) is 0 Å². The molecule has 1 heterocycles. The second-order valence-corrected chi connectivity index (χ2v) is 3.32. The van der Waals surface area contributed by atoms with Crippen molar-refractivity contribution in [3.63, 3.8) is 0 Å². The van der Waals surface area contributed by atoms with Gasteiger partial charge in [0.25, 0.3) is 0 Å². The van der Waals surface area contributed by atoms with Gasteiger partial charge in [-0.05, 0) is 33.0 Å². The quantitative estimate of drug-likeness (QED) is 0.566. The van der Waals surface area contributed by atoms with Gasteiger partial charge in [0, 0.05) is 6.54 Å². The van der Waals surface area contributed by atoms with Crippen LogP contribution in [0.1, 0.15) is 26.7 Å². The molecule has 0 bridgehead atoms. The van der Waals surface area contributed by atoms with E-state index in [1.807, 2.05) is 20.9 Å². The van der Waals surface area contributed by atoms with Crippen molar-refractivity contribution in [2.24, 2.45) is 0 Å². The fourth-order valence-electron chi connectivity index (χ4n) is 1.74. The highest BCUT2D eigenvalue weighted by molar-refractivity contribution is 5.48. The number of carbonyl (C=O) groups excluding carboxylic acids is 1. The molecule has 1 aliphatic heterocycles. The monoisotopic (exact) mass is 201 g/mol. The van der Waals surface area contributed by atoms with Crippen LogP contribution in [0.3, 0.4) is 0 Å². The van der Waals surface area contributed by atoms with Crippen LogP contribution in [0, 0.1) is 0 Å². The molecule has 0 radical (unpaired) electrons. The Bertz CT molecular complexity index is 139. The second-order valence-electron chi connectivity index (χ2n) is 3.32. The molecule has 14 heavy (non-hydrogen) atoms. The molecule has 0 saturated carbocycles. The predicted molar refractivity (Wildman–Crippen MR) is 59.3 cm³/mol. The molecule has 0 aromatic rings. The van der Waals surface area contributed by atoms with Crippen molar-refractivity contribution < 1.29 is 4.79 Å². The first-order valence-electron chi connectivity index (χ1n) is 5.40. The molecule has 1 aliphatic rings. The van der Waals surface area contributed by atoms with Crippen LogP contribution in [-0.2, 0) is 4.79 Å². The van der Waals surface area contributed by atoms with Gasteiger partial charge in [0.1, 0.15) is 0 Å². The lowest BCUT2D eigenvalue weighted by atomic mass is 9.88. The summed E-state index contributed by atoms with van der Waals surface area (Å²) in [4.78, 5) is 10.4. The van der Waals surface area contributed by atoms with Gasteiger partial charge in [-0.3, -0.25) is 4.79 Å². The van der Waals surface area contributed by atoms with Crippen molar-refractivity contribution in [3.8, 4) is 0 Å². The van der Waals surface area contributed by atoms with Gasteiger partial charge in [-0.15, -0.1) is 0 Å². The molecule has 1 amide bonds. The lowest BCUT2D eigenvalue weighted by Gasteiger charge is -2.37. The molecule has 1 rings (SSSR count). The van der Waals surface area contributed by atoms with Crippen LogP contribution in [-0.4, -0.2) is 38.6 Å². The van der Waals surface area contributed by atoms with Crippen molar-refractivity contribution in [1.82, 2.24) is 16.0 Å². The van der Waals surface area contributed by atoms with Crippen molar-refractivity contribution in [2.75, 3.05) is 26.7 Å². The van der Waals surface area contributed by atoms with E-state index in [1.165, 1.54) is 0 Å². The predicted octanol–water partition coefficient (Wildman–Crippen LogP) is 0.100. The Balaban J connectivity index is 0.000000791. The molecule has 4 heteroatoms. The van der Waals surface area contributed by atoms with E-state index in [2.05, 4.69) is 16.0 Å². The molecular formula is C10H23N3O. The highest BCUT2D eigenvalue weighted by atomic mass is 16.1. The molecule has 1 fully saturated rings. The summed E-state index contributed by atoms with van der Waals surface area (Å²) >= 11 is 0. The molecule has 0 aliphatic carbocycles. The maximum absolute atomic E-state index is 10.4. The summed E-state index contributed by atoms with van der Waals surface area (Å²) in [5.41, 5.74) is -0.0122. The van der Waals surface area contributed by atoms with Crippen LogP contribution in [0.5, 0.6) is 0 Å². The van der Waals surface area contributed by atoms with Crippen LogP contribution < -0.4 is 16.0 Å². The second kappa shape index (κ2) is 7.76. The van der Waals surface area contributed by atoms with Crippen LogP contribution in [0.15, 0.2) is 0 Å². The van der Waals surface area contributed by atoms with Gasteiger partial charge in [-0.2, -0.15) is 0 Å². The highest BCUT2D eigenvalue weighted by Gasteiger charge is 2.30. The Kier molecular flexibility index (Phi) is 7.42. The number of amides is 1. The molecular weight excluding hydrogens is 178 g/mol. The van der Waals surface area contributed by atoms with Crippen LogP contribution in [0.25, 0.3) is 0 Å². The van der Waals surface area contributed by atoms with E-state index in [0.717, 1.165) is 38.9 Å². The molecule has 3 N–H and O–H groups in total. The van der Waals surface area contributed by atoms with Gasteiger partial charge >= 0.3 is 0 Å². The van der Waals surface area contributed by atoms with Crippen molar-refractivity contribution in [3.05, 3.63) is 0 Å². The average molecular weight is 201 g/mol. The molecule has 84 valence electrons. The van der Waals surface area contributed by atoms with Gasteiger partial charge < -0.3 is 16.0 Å². The van der Waals surface area contributed by atoms with Gasteiger partial charge in [0.15, 0.2) is 0 Å². The zero-order chi connectivity index (χ0) is 10.9. The third-order valence-corrected chi connectivity index (χ3v) is 2.44. The van der Waals surface area contributed by atoms with Crippen LogP contribution >= 0.6 is 0 Å². The van der Waals surface area contributed by atoms with Crippen molar-refractivity contribution >= 4 is 6.41 Å². The molecule has 0 spiro atoms. The lowest BCUT2D eigenvalue weighted by molar-refractivity contribution is -0.111. The fraction of sp³-hybridized carbons (Fsp3) is 0.900. The Hall–Kier alpha value is -0.610. The Morgan fingerprint density at radius 1 is 1.36 bits per heavy atom. The van der Waals surface area contributed by atoms with Gasteiger partial charge in [0.2, 0.25) is 6.41 Å². The summed E-state index contributed by atoms with van der Waals surface area (Å²) in [5, 5.41) is 9.30. The van der Waals surface area contributed by atoms with E-state index in [4.69, 9.17) is 0 Å². The Morgan fingerprint density at radius 2 is 1.93 bits per heavy atom. The third kappa shape index (κ3) is 4.07. The van der Waals surface area contributed by atoms with Crippen LogP contribution in [0.4, 0.5) is 0 Å². The van der Waals surface area contributed by atoms with Gasteiger partial charge in [-0.1, -0.05) is 13.8 Å². The molecule has 0 aromatic carbocycles. The number of nitrogens with one attached hydrogen (secondary N) is 3. The fourth-order valence-corrected chi connectivity index (χ4v) is 1.74. The number of likely N-dealkylation sites (N-methyl/N-ethyl adjacent to an activating group) is 1. The Labute approximate surface area is 86.8 Å². The summed E-state index contributed by atoms with van der Waals surface area (Å²) < 4.78 is 0. The van der Waals surface area contributed by atoms with E-state index in [9.17, 15) is 4.79 Å². The number of hydrogen-bond donors (Lipinski definition) is 3. The highest BCUT2D eigenvalue weighted by Crippen LogP contribution is 2.16. The SMILES string of the molecule is CC.CNCC1(NC=O)CCNCC1. The first kappa shape index (κ1) is 13.4. The summed E-state index contributed by atoms with van der Waals surface area (Å²) in [5.74, 6) is 0. The number of carbonyl (C=O) groups is 1. The van der Waals surface area contributed by atoms with Crippen molar-refractivity contribution in [1.29, 1.82) is 0 Å². The van der Waals surface area contributed by atoms with E-state index in [-0.39, 0.29) is 5.54 Å². The Morgan fingerprint density at radius 3 is 2.36 bits per heavy atom. The summed E-state index contributed by atoms with van der Waals surface area (Å²) in [6.45, 7) is 6.83. The normalized spacial score (nSPS) is 19.1. The third-order valence-electron chi connectivity index (χ3n) is 2.44. The zero-order valence-corrected chi connectivity index (χ0v) is 9.52. The lowest BCUT2D eigenvalue weighted by Crippen LogP contribution is -2.57. The maximum Gasteiger partial charge on any atom is 0.207 e. The summed E-state index contributed by atoms with van der Waals surface area (Å²) in [7, 11) is 1.91. The first-order chi connectivity index (χ1) is 6.83. The largest absolute Gasteiger partial charge is 0.352 e. The van der Waals surface area contributed by atoms with E-state index < -0.39 is 0 Å². The topological polar surface area (TPSA) is 53.2 Å². The van der Waals surface area contributed by atoms with E-state index in [1.54, 1.807) is 0 Å². The van der Waals surface area contributed by atoms with E-state index >= 15 is 0 Å². The smallest absolute Gasteiger partial charge is 0.207 e. The van der Waals surface area contributed by atoms with Gasteiger partial charge in [0.05, 0.1) is 5.54 Å². The zero-order valence-electron chi connectivity index (χ0n) is 9.52. The first-order valence-corrected chi connectivity index (χ1v) is 5.40. The van der Waals surface area contributed by atoms with Crippen LogP contribution in [0.2, 0.25) is 0 Å². The molecule has 0 aromatic heterocycles. The molecule has 0 atom stereocenters. The molecule has 1 saturated heterocycles. The molecule has 4 nitrogen and oxygen atoms in total. The minimum atomic E-state index is -0.0122. The van der Waals surface area contributed by atoms with E-state index in [0.29, 0.717) is 0 Å². The number of rotatable bonds is 4. The number of piperidine rings is 1. The average Bonchev–Trinajstić information content (AvgIpc) is 2.23. The molecule has 0 unspecified atom stereocenters. The minimum Gasteiger partial charge on any atom is -0.352 e. The maximum atomic E-state index is 10.4. The standard InChI is InChI=1S/C8H17N3O.C2H6/c1-9-6-8(11-7-12)2-4-10-5-3-8;1-2/h7,9-10H,2-6H2,1H3,(H,11,12);1-2H3.